The fourth-order valence-electron chi connectivity index (χ4n) is 2.37. The fraction of sp³-hybridized carbons (Fsp3) is 0.158. The van der Waals surface area contributed by atoms with Crippen LogP contribution in [-0.4, -0.2) is 20.4 Å². The van der Waals surface area contributed by atoms with Gasteiger partial charge in [-0.1, -0.05) is 23.7 Å². The molecule has 0 spiro atoms. The Bertz CT molecular complexity index is 1010. The van der Waals surface area contributed by atoms with E-state index in [0.29, 0.717) is 21.2 Å². The number of nitrogens with zero attached hydrogens (tertiary/aromatic N) is 4. The van der Waals surface area contributed by atoms with E-state index >= 15 is 0 Å². The van der Waals surface area contributed by atoms with E-state index in [2.05, 4.69) is 21.4 Å². The molecular weight excluding hydrogens is 382 g/mol. The summed E-state index contributed by atoms with van der Waals surface area (Å²) in [5, 5.41) is 13.5. The zero-order chi connectivity index (χ0) is 19.4. The number of nitriles is 1. The van der Waals surface area contributed by atoms with Crippen LogP contribution >= 0.6 is 23.4 Å². The number of nitrogens with one attached hydrogen (secondary N) is 1. The molecule has 6 nitrogen and oxygen atoms in total. The van der Waals surface area contributed by atoms with Crippen molar-refractivity contribution >= 4 is 29.3 Å². The van der Waals surface area contributed by atoms with Crippen LogP contribution in [0, 0.1) is 11.3 Å². The predicted molar refractivity (Wildman–Crippen MR) is 104 cm³/mol. The number of pyridine rings is 1. The van der Waals surface area contributed by atoms with Crippen LogP contribution in [0.3, 0.4) is 0 Å². The molecule has 0 aliphatic heterocycles. The number of benzene rings is 1. The number of rotatable bonds is 5. The average molecular weight is 398 g/mol. The molecular formula is C19H16ClN5OS. The SMILES string of the molecule is C[C@@H](NC(=O)c1cnc(Sc2nccn2C)c(Cl)c1)c1ccc(C#N)cc1. The third-order valence-electron chi connectivity index (χ3n) is 3.92. The van der Waals surface area contributed by atoms with E-state index in [1.54, 1.807) is 24.4 Å². The van der Waals surface area contributed by atoms with Crippen LogP contribution in [0.5, 0.6) is 0 Å². The molecule has 2 aromatic heterocycles. The number of imidazole rings is 1. The van der Waals surface area contributed by atoms with Crippen molar-refractivity contribution in [3.05, 3.63) is 70.6 Å². The van der Waals surface area contributed by atoms with Gasteiger partial charge < -0.3 is 9.88 Å². The van der Waals surface area contributed by atoms with Gasteiger partial charge in [0.2, 0.25) is 0 Å². The van der Waals surface area contributed by atoms with Crippen molar-refractivity contribution in [1.82, 2.24) is 19.9 Å². The summed E-state index contributed by atoms with van der Waals surface area (Å²) >= 11 is 7.63. The van der Waals surface area contributed by atoms with Gasteiger partial charge >= 0.3 is 0 Å². The molecule has 0 bridgehead atoms. The summed E-state index contributed by atoms with van der Waals surface area (Å²) in [4.78, 5) is 21.0. The highest BCUT2D eigenvalue weighted by molar-refractivity contribution is 7.99. The first-order chi connectivity index (χ1) is 13.0. The molecule has 0 unspecified atom stereocenters. The van der Waals surface area contributed by atoms with Crippen LogP contribution in [0.1, 0.15) is 34.5 Å². The van der Waals surface area contributed by atoms with Crippen LogP contribution in [0.4, 0.5) is 0 Å². The topological polar surface area (TPSA) is 83.6 Å². The van der Waals surface area contributed by atoms with Crippen LogP contribution in [0.25, 0.3) is 0 Å². The Labute approximate surface area is 166 Å². The van der Waals surface area contributed by atoms with Gasteiger partial charge in [-0.3, -0.25) is 4.79 Å². The van der Waals surface area contributed by atoms with Crippen LogP contribution in [0.2, 0.25) is 5.02 Å². The number of aromatic nitrogens is 3. The quantitative estimate of drug-likeness (QED) is 0.703. The van der Waals surface area contributed by atoms with E-state index in [0.717, 1.165) is 10.7 Å². The van der Waals surface area contributed by atoms with Gasteiger partial charge in [-0.2, -0.15) is 5.26 Å². The summed E-state index contributed by atoms with van der Waals surface area (Å²) in [5.41, 5.74) is 1.86. The largest absolute Gasteiger partial charge is 0.345 e. The van der Waals surface area contributed by atoms with Gasteiger partial charge in [0, 0.05) is 25.6 Å². The molecule has 0 aliphatic carbocycles. The first-order valence-electron chi connectivity index (χ1n) is 8.09. The van der Waals surface area contributed by atoms with Crippen molar-refractivity contribution in [1.29, 1.82) is 5.26 Å². The molecule has 3 rings (SSSR count). The molecule has 0 radical (unpaired) electrons. The first kappa shape index (κ1) is 19.0. The highest BCUT2D eigenvalue weighted by Crippen LogP contribution is 2.30. The summed E-state index contributed by atoms with van der Waals surface area (Å²) in [7, 11) is 1.88. The van der Waals surface area contributed by atoms with Gasteiger partial charge in [-0.15, -0.1) is 0 Å². The smallest absolute Gasteiger partial charge is 0.253 e. The third-order valence-corrected chi connectivity index (χ3v) is 5.42. The third kappa shape index (κ3) is 4.48. The molecule has 3 aromatic rings. The predicted octanol–water partition coefficient (Wildman–Crippen LogP) is 3.98. The molecule has 8 heteroatoms. The Morgan fingerprint density at radius 3 is 2.67 bits per heavy atom. The number of carbonyl (C=O) groups excluding carboxylic acids is 1. The van der Waals surface area contributed by atoms with E-state index in [-0.39, 0.29) is 11.9 Å². The molecule has 0 saturated carbocycles. The van der Waals surface area contributed by atoms with Crippen molar-refractivity contribution < 1.29 is 4.79 Å². The van der Waals surface area contributed by atoms with Gasteiger partial charge in [0.25, 0.3) is 5.91 Å². The molecule has 0 saturated heterocycles. The van der Waals surface area contributed by atoms with Crippen LogP contribution < -0.4 is 5.32 Å². The summed E-state index contributed by atoms with van der Waals surface area (Å²) in [6.45, 7) is 1.87. The summed E-state index contributed by atoms with van der Waals surface area (Å²) in [6, 6.07) is 10.5. The summed E-state index contributed by atoms with van der Waals surface area (Å²) in [6.07, 6.45) is 5.03. The highest BCUT2D eigenvalue weighted by Gasteiger charge is 2.15. The van der Waals surface area contributed by atoms with Crippen LogP contribution in [-0.2, 0) is 7.05 Å². The molecule has 136 valence electrons. The van der Waals surface area contributed by atoms with Gasteiger partial charge in [0.05, 0.1) is 28.3 Å². The molecule has 2 heterocycles. The minimum absolute atomic E-state index is 0.217. The maximum atomic E-state index is 12.5. The Kier molecular flexibility index (Phi) is 5.79. The molecule has 1 N–H and O–H groups in total. The van der Waals surface area contributed by atoms with E-state index in [4.69, 9.17) is 16.9 Å². The number of hydrogen-bond acceptors (Lipinski definition) is 5. The number of hydrogen-bond donors (Lipinski definition) is 1. The Balaban J connectivity index is 1.70. The van der Waals surface area contributed by atoms with E-state index in [1.165, 1.54) is 18.0 Å². The Morgan fingerprint density at radius 2 is 2.07 bits per heavy atom. The Hall–Kier alpha value is -2.82. The second-order valence-electron chi connectivity index (χ2n) is 5.86. The monoisotopic (exact) mass is 397 g/mol. The molecule has 0 aliphatic rings. The van der Waals surface area contributed by atoms with Gasteiger partial charge in [0.15, 0.2) is 5.16 Å². The molecule has 1 amide bonds. The van der Waals surface area contributed by atoms with Crippen molar-refractivity contribution in [3.63, 3.8) is 0 Å². The Morgan fingerprint density at radius 1 is 1.33 bits per heavy atom. The maximum Gasteiger partial charge on any atom is 0.253 e. The zero-order valence-corrected chi connectivity index (χ0v) is 16.3. The van der Waals surface area contributed by atoms with E-state index in [9.17, 15) is 4.79 Å². The second-order valence-corrected chi connectivity index (χ2v) is 7.23. The molecule has 27 heavy (non-hydrogen) atoms. The van der Waals surface area contributed by atoms with Crippen molar-refractivity contribution in [2.24, 2.45) is 7.05 Å². The lowest BCUT2D eigenvalue weighted by Crippen LogP contribution is -2.26. The number of carbonyl (C=O) groups is 1. The van der Waals surface area contributed by atoms with Crippen molar-refractivity contribution in [2.75, 3.05) is 0 Å². The average Bonchev–Trinajstić information content (AvgIpc) is 3.08. The van der Waals surface area contributed by atoms with Gasteiger partial charge in [-0.05, 0) is 42.4 Å². The van der Waals surface area contributed by atoms with E-state index < -0.39 is 0 Å². The number of amides is 1. The fourth-order valence-corrected chi connectivity index (χ4v) is 3.41. The number of halogens is 1. The van der Waals surface area contributed by atoms with Crippen LogP contribution in [0.15, 0.2) is 59.1 Å². The lowest BCUT2D eigenvalue weighted by atomic mass is 10.1. The molecule has 1 atom stereocenters. The summed E-state index contributed by atoms with van der Waals surface area (Å²) < 4.78 is 1.86. The van der Waals surface area contributed by atoms with Gasteiger partial charge in [0.1, 0.15) is 5.03 Å². The first-order valence-corrected chi connectivity index (χ1v) is 9.29. The molecule has 1 aromatic carbocycles. The normalized spacial score (nSPS) is 11.6. The number of aryl methyl sites for hydroxylation is 1. The molecule has 0 fully saturated rings. The lowest BCUT2D eigenvalue weighted by Gasteiger charge is -2.14. The van der Waals surface area contributed by atoms with Gasteiger partial charge in [-0.25, -0.2) is 9.97 Å². The van der Waals surface area contributed by atoms with Crippen molar-refractivity contribution in [2.45, 2.75) is 23.1 Å². The lowest BCUT2D eigenvalue weighted by molar-refractivity contribution is 0.0939. The van der Waals surface area contributed by atoms with E-state index in [1.807, 2.05) is 36.9 Å². The highest BCUT2D eigenvalue weighted by atomic mass is 35.5. The standard InChI is InChI=1S/C19H16ClN5OS/c1-12(14-5-3-13(10-21)4-6-14)24-17(26)15-9-16(20)18(23-11-15)27-19-22-7-8-25(19)2/h3-9,11-12H,1-2H3,(H,24,26)/t12-/m1/s1. The zero-order valence-electron chi connectivity index (χ0n) is 14.7. The maximum absolute atomic E-state index is 12.5. The van der Waals surface area contributed by atoms with Crippen molar-refractivity contribution in [3.8, 4) is 6.07 Å². The summed E-state index contributed by atoms with van der Waals surface area (Å²) in [5.74, 6) is -0.269. The minimum atomic E-state index is -0.269. The second kappa shape index (κ2) is 8.25. The minimum Gasteiger partial charge on any atom is -0.345 e.